The van der Waals surface area contributed by atoms with Crippen molar-refractivity contribution >= 4 is 12.4 Å². The van der Waals surface area contributed by atoms with Crippen LogP contribution in [0, 0.1) is 5.41 Å². The van der Waals surface area contributed by atoms with Gasteiger partial charge in [0.1, 0.15) is 6.04 Å². The predicted molar refractivity (Wildman–Crippen MR) is 40.7 cm³/mol. The fraction of sp³-hybridized carbons (Fsp3) is 1.00. The maximum absolute atomic E-state index is 11.8. The fourth-order valence-electron chi connectivity index (χ4n) is 0.491. The average Bonchev–Trinajstić information content (AvgIpc) is 1.59. The number of hydrogen-bond donors (Lipinski definition) is 1. The molecule has 1 atom stereocenters. The molecule has 0 saturated carbocycles. The molecule has 1 nitrogen and oxygen atoms in total. The zero-order valence-electron chi connectivity index (χ0n) is 6.70. The van der Waals surface area contributed by atoms with Crippen LogP contribution in [-0.2, 0) is 0 Å². The zero-order chi connectivity index (χ0) is 8.58. The first-order valence-electron chi connectivity index (χ1n) is 2.98. The quantitative estimate of drug-likeness (QED) is 0.625. The molecule has 0 fully saturated rings. The second-order valence-electron chi connectivity index (χ2n) is 3.39. The van der Waals surface area contributed by atoms with Crippen LogP contribution in [0.25, 0.3) is 0 Å². The fourth-order valence-corrected chi connectivity index (χ4v) is 0.491. The highest BCUT2D eigenvalue weighted by Crippen LogP contribution is 2.30. The average molecular weight is 192 g/mol. The van der Waals surface area contributed by atoms with Crippen molar-refractivity contribution in [3.8, 4) is 0 Å². The molecule has 0 amide bonds. The Hall–Kier alpha value is 0.0400. The molecule has 0 radical (unpaired) electrons. The van der Waals surface area contributed by atoms with E-state index in [4.69, 9.17) is 5.73 Å². The van der Waals surface area contributed by atoms with E-state index >= 15 is 0 Å². The van der Waals surface area contributed by atoms with Crippen LogP contribution in [0.5, 0.6) is 0 Å². The Morgan fingerprint density at radius 3 is 1.36 bits per heavy atom. The van der Waals surface area contributed by atoms with Crippen molar-refractivity contribution in [2.45, 2.75) is 33.0 Å². The first-order chi connectivity index (χ1) is 4.15. The topological polar surface area (TPSA) is 26.0 Å². The van der Waals surface area contributed by atoms with Crippen LogP contribution >= 0.6 is 12.4 Å². The lowest BCUT2D eigenvalue weighted by atomic mass is 9.87. The molecule has 0 aliphatic rings. The largest absolute Gasteiger partial charge is 0.404 e. The maximum Gasteiger partial charge on any atom is 0.404 e. The molecule has 0 aromatic rings. The third-order valence-corrected chi connectivity index (χ3v) is 1.29. The molecule has 0 aliphatic heterocycles. The van der Waals surface area contributed by atoms with Gasteiger partial charge in [0, 0.05) is 0 Å². The van der Waals surface area contributed by atoms with Gasteiger partial charge < -0.3 is 5.73 Å². The molecule has 70 valence electrons. The van der Waals surface area contributed by atoms with Gasteiger partial charge in [0.25, 0.3) is 0 Å². The Bertz CT molecular complexity index is 102. The molecule has 0 aromatic carbocycles. The number of halogens is 4. The minimum atomic E-state index is -4.28. The van der Waals surface area contributed by atoms with E-state index in [1.54, 1.807) is 0 Å². The number of rotatable bonds is 0. The lowest BCUT2D eigenvalue weighted by Gasteiger charge is -2.28. The summed E-state index contributed by atoms with van der Waals surface area (Å²) in [6.45, 7) is 4.39. The van der Waals surface area contributed by atoms with Crippen molar-refractivity contribution in [1.29, 1.82) is 0 Å². The molecule has 11 heavy (non-hydrogen) atoms. The molecule has 0 bridgehead atoms. The van der Waals surface area contributed by atoms with Crippen molar-refractivity contribution in [1.82, 2.24) is 0 Å². The van der Waals surface area contributed by atoms with Crippen LogP contribution in [0.15, 0.2) is 0 Å². The van der Waals surface area contributed by atoms with Crippen LogP contribution in [0.4, 0.5) is 13.2 Å². The van der Waals surface area contributed by atoms with E-state index in [1.165, 1.54) is 20.8 Å². The molecule has 0 rings (SSSR count). The molecule has 0 aliphatic carbocycles. The summed E-state index contributed by atoms with van der Waals surface area (Å²) in [5, 5.41) is 0. The van der Waals surface area contributed by atoms with Gasteiger partial charge in [0.2, 0.25) is 0 Å². The standard InChI is InChI=1S/C6H12F3N.ClH/c1-5(2,3)4(10)6(7,8)9;/h4H,10H2,1-3H3;1H. The summed E-state index contributed by atoms with van der Waals surface area (Å²) >= 11 is 0. The minimum Gasteiger partial charge on any atom is -0.320 e. The van der Waals surface area contributed by atoms with Crippen LogP contribution in [0.1, 0.15) is 20.8 Å². The van der Waals surface area contributed by atoms with E-state index in [1.807, 2.05) is 0 Å². The monoisotopic (exact) mass is 191 g/mol. The summed E-state index contributed by atoms with van der Waals surface area (Å²) < 4.78 is 35.5. The third-order valence-electron chi connectivity index (χ3n) is 1.29. The minimum absolute atomic E-state index is 0. The highest BCUT2D eigenvalue weighted by atomic mass is 35.5. The van der Waals surface area contributed by atoms with Gasteiger partial charge in [-0.15, -0.1) is 12.4 Å². The molecular formula is C6H13ClF3N. The van der Waals surface area contributed by atoms with Gasteiger partial charge in [-0.3, -0.25) is 0 Å². The lowest BCUT2D eigenvalue weighted by molar-refractivity contribution is -0.167. The second-order valence-corrected chi connectivity index (χ2v) is 3.39. The molecular weight excluding hydrogens is 179 g/mol. The summed E-state index contributed by atoms with van der Waals surface area (Å²) in [6.07, 6.45) is -4.28. The van der Waals surface area contributed by atoms with Gasteiger partial charge in [-0.25, -0.2) is 0 Å². The molecule has 0 saturated heterocycles. The van der Waals surface area contributed by atoms with Crippen LogP contribution in [0.2, 0.25) is 0 Å². The lowest BCUT2D eigenvalue weighted by Crippen LogP contribution is -2.47. The van der Waals surface area contributed by atoms with Crippen LogP contribution in [-0.4, -0.2) is 12.2 Å². The zero-order valence-corrected chi connectivity index (χ0v) is 7.51. The molecule has 0 aromatic heterocycles. The molecule has 5 heteroatoms. The summed E-state index contributed by atoms with van der Waals surface area (Å²) in [5.74, 6) is 0. The van der Waals surface area contributed by atoms with E-state index in [2.05, 4.69) is 0 Å². The predicted octanol–water partition coefficient (Wildman–Crippen LogP) is 2.34. The number of nitrogens with two attached hydrogens (primary N) is 1. The van der Waals surface area contributed by atoms with Crippen molar-refractivity contribution in [2.24, 2.45) is 11.1 Å². The third kappa shape index (κ3) is 4.48. The SMILES string of the molecule is CC(C)(C)C(N)C(F)(F)F.Cl. The Labute approximate surface area is 70.6 Å². The van der Waals surface area contributed by atoms with Gasteiger partial charge in [0.15, 0.2) is 0 Å². The second kappa shape index (κ2) is 3.63. The van der Waals surface area contributed by atoms with Crippen LogP contribution in [0.3, 0.4) is 0 Å². The Morgan fingerprint density at radius 2 is 1.36 bits per heavy atom. The smallest absolute Gasteiger partial charge is 0.320 e. The number of hydrogen-bond acceptors (Lipinski definition) is 1. The van der Waals surface area contributed by atoms with E-state index in [9.17, 15) is 13.2 Å². The molecule has 2 N–H and O–H groups in total. The Kier molecular flexibility index (Phi) is 4.49. The van der Waals surface area contributed by atoms with Crippen molar-refractivity contribution < 1.29 is 13.2 Å². The van der Waals surface area contributed by atoms with Crippen molar-refractivity contribution in [3.63, 3.8) is 0 Å². The molecule has 1 unspecified atom stereocenters. The van der Waals surface area contributed by atoms with Gasteiger partial charge in [0.05, 0.1) is 0 Å². The summed E-state index contributed by atoms with van der Waals surface area (Å²) in [4.78, 5) is 0. The van der Waals surface area contributed by atoms with Crippen molar-refractivity contribution in [2.75, 3.05) is 0 Å². The first kappa shape index (κ1) is 13.6. The molecule has 0 heterocycles. The highest BCUT2D eigenvalue weighted by Gasteiger charge is 2.43. The summed E-state index contributed by atoms with van der Waals surface area (Å²) in [5.41, 5.74) is 4.00. The van der Waals surface area contributed by atoms with E-state index < -0.39 is 17.6 Å². The van der Waals surface area contributed by atoms with Crippen molar-refractivity contribution in [3.05, 3.63) is 0 Å². The number of alkyl halides is 3. The highest BCUT2D eigenvalue weighted by molar-refractivity contribution is 5.85. The first-order valence-corrected chi connectivity index (χ1v) is 2.98. The van der Waals surface area contributed by atoms with E-state index in [0.717, 1.165) is 0 Å². The normalized spacial score (nSPS) is 15.5. The van der Waals surface area contributed by atoms with Gasteiger partial charge in [-0.1, -0.05) is 20.8 Å². The van der Waals surface area contributed by atoms with Crippen LogP contribution < -0.4 is 5.73 Å². The Balaban J connectivity index is 0. The van der Waals surface area contributed by atoms with E-state index in [0.29, 0.717) is 0 Å². The van der Waals surface area contributed by atoms with Gasteiger partial charge in [-0.05, 0) is 5.41 Å². The summed E-state index contributed by atoms with van der Waals surface area (Å²) in [6, 6.07) is -1.74. The maximum atomic E-state index is 11.8. The van der Waals surface area contributed by atoms with Gasteiger partial charge in [-0.2, -0.15) is 13.2 Å². The molecule has 0 spiro atoms. The van der Waals surface area contributed by atoms with Gasteiger partial charge >= 0.3 is 6.18 Å². The van der Waals surface area contributed by atoms with E-state index in [-0.39, 0.29) is 12.4 Å². The summed E-state index contributed by atoms with van der Waals surface area (Å²) in [7, 11) is 0. The Morgan fingerprint density at radius 1 is 1.09 bits per heavy atom.